The standard InChI is InChI=1S/C7H12N4O/c12-7(3-4-7)2-1-5-11-6-8-9-10-11/h6,12H,1-5H2. The van der Waals surface area contributed by atoms with E-state index in [9.17, 15) is 5.11 Å². The van der Waals surface area contributed by atoms with Crippen molar-refractivity contribution >= 4 is 0 Å². The molecule has 0 aromatic carbocycles. The molecule has 0 bridgehead atoms. The van der Waals surface area contributed by atoms with Crippen molar-refractivity contribution in [2.24, 2.45) is 0 Å². The van der Waals surface area contributed by atoms with Gasteiger partial charge in [-0.15, -0.1) is 5.10 Å². The monoisotopic (exact) mass is 168 g/mol. The van der Waals surface area contributed by atoms with Gasteiger partial charge in [0.1, 0.15) is 6.33 Å². The largest absolute Gasteiger partial charge is 0.390 e. The van der Waals surface area contributed by atoms with Crippen LogP contribution in [0.1, 0.15) is 25.7 Å². The zero-order valence-electron chi connectivity index (χ0n) is 6.85. The molecule has 1 aliphatic carbocycles. The van der Waals surface area contributed by atoms with Gasteiger partial charge in [-0.05, 0) is 36.1 Å². The second-order valence-corrected chi connectivity index (χ2v) is 3.40. The first-order valence-corrected chi connectivity index (χ1v) is 4.22. The lowest BCUT2D eigenvalue weighted by molar-refractivity contribution is 0.135. The lowest BCUT2D eigenvalue weighted by Gasteiger charge is -2.05. The third-order valence-electron chi connectivity index (χ3n) is 2.25. The van der Waals surface area contributed by atoms with E-state index in [4.69, 9.17) is 0 Å². The van der Waals surface area contributed by atoms with E-state index in [2.05, 4.69) is 15.5 Å². The van der Waals surface area contributed by atoms with Crippen LogP contribution in [-0.2, 0) is 6.54 Å². The molecule has 5 heteroatoms. The first-order valence-electron chi connectivity index (χ1n) is 4.22. The molecule has 0 amide bonds. The van der Waals surface area contributed by atoms with Gasteiger partial charge >= 0.3 is 0 Å². The highest BCUT2D eigenvalue weighted by atomic mass is 16.3. The molecule has 1 aliphatic rings. The lowest BCUT2D eigenvalue weighted by atomic mass is 10.2. The van der Waals surface area contributed by atoms with Crippen molar-refractivity contribution in [1.29, 1.82) is 0 Å². The van der Waals surface area contributed by atoms with Gasteiger partial charge in [0.05, 0.1) is 5.60 Å². The number of aryl methyl sites for hydroxylation is 1. The summed E-state index contributed by atoms with van der Waals surface area (Å²) in [6, 6.07) is 0. The molecule has 1 N–H and O–H groups in total. The maximum absolute atomic E-state index is 9.50. The number of hydrogen-bond donors (Lipinski definition) is 1. The summed E-state index contributed by atoms with van der Waals surface area (Å²) in [5.41, 5.74) is -0.339. The molecule has 2 rings (SSSR count). The number of tetrazole rings is 1. The van der Waals surface area contributed by atoms with Gasteiger partial charge < -0.3 is 5.11 Å². The van der Waals surface area contributed by atoms with Gasteiger partial charge in [-0.25, -0.2) is 4.68 Å². The van der Waals surface area contributed by atoms with Crippen LogP contribution in [0.25, 0.3) is 0 Å². The zero-order valence-corrected chi connectivity index (χ0v) is 6.85. The van der Waals surface area contributed by atoms with Crippen molar-refractivity contribution in [1.82, 2.24) is 20.2 Å². The maximum Gasteiger partial charge on any atom is 0.138 e. The van der Waals surface area contributed by atoms with Crippen molar-refractivity contribution in [3.05, 3.63) is 6.33 Å². The SMILES string of the molecule is OC1(CCCn2cnnn2)CC1. The Labute approximate surface area is 70.4 Å². The van der Waals surface area contributed by atoms with E-state index in [0.717, 1.165) is 32.2 Å². The van der Waals surface area contributed by atoms with Crippen molar-refractivity contribution < 1.29 is 5.11 Å². The minimum Gasteiger partial charge on any atom is -0.390 e. The van der Waals surface area contributed by atoms with Gasteiger partial charge in [0.25, 0.3) is 0 Å². The van der Waals surface area contributed by atoms with Gasteiger partial charge in [-0.3, -0.25) is 0 Å². The van der Waals surface area contributed by atoms with E-state index < -0.39 is 0 Å². The van der Waals surface area contributed by atoms with Crippen molar-refractivity contribution in [2.75, 3.05) is 0 Å². The van der Waals surface area contributed by atoms with Crippen LogP contribution in [0.4, 0.5) is 0 Å². The van der Waals surface area contributed by atoms with Crippen molar-refractivity contribution in [3.63, 3.8) is 0 Å². The van der Waals surface area contributed by atoms with Crippen LogP contribution in [0.5, 0.6) is 0 Å². The molecule has 66 valence electrons. The van der Waals surface area contributed by atoms with Crippen LogP contribution < -0.4 is 0 Å². The third kappa shape index (κ3) is 1.79. The summed E-state index contributed by atoms with van der Waals surface area (Å²) in [6.45, 7) is 0.801. The smallest absolute Gasteiger partial charge is 0.138 e. The Bertz CT molecular complexity index is 242. The summed E-state index contributed by atoms with van der Waals surface area (Å²) < 4.78 is 1.69. The number of aliphatic hydroxyl groups is 1. The molecular weight excluding hydrogens is 156 g/mol. The predicted molar refractivity (Wildman–Crippen MR) is 41.2 cm³/mol. The van der Waals surface area contributed by atoms with Gasteiger partial charge in [0.2, 0.25) is 0 Å². The summed E-state index contributed by atoms with van der Waals surface area (Å²) in [5.74, 6) is 0. The van der Waals surface area contributed by atoms with E-state index >= 15 is 0 Å². The Kier molecular flexibility index (Phi) is 1.80. The maximum atomic E-state index is 9.50. The second-order valence-electron chi connectivity index (χ2n) is 3.40. The van der Waals surface area contributed by atoms with E-state index in [1.54, 1.807) is 11.0 Å². The number of rotatable bonds is 4. The van der Waals surface area contributed by atoms with Crippen LogP contribution in [0.2, 0.25) is 0 Å². The minimum atomic E-state index is -0.339. The Morgan fingerprint density at radius 3 is 2.92 bits per heavy atom. The Morgan fingerprint density at radius 2 is 2.33 bits per heavy atom. The highest BCUT2D eigenvalue weighted by Crippen LogP contribution is 2.39. The molecule has 0 atom stereocenters. The fourth-order valence-electron chi connectivity index (χ4n) is 1.25. The van der Waals surface area contributed by atoms with E-state index in [0.29, 0.717) is 0 Å². The minimum absolute atomic E-state index is 0.339. The normalized spacial score (nSPS) is 19.4. The van der Waals surface area contributed by atoms with Gasteiger partial charge in [-0.1, -0.05) is 0 Å². The first kappa shape index (κ1) is 7.67. The average molecular weight is 168 g/mol. The summed E-state index contributed by atoms with van der Waals surface area (Å²) in [7, 11) is 0. The molecule has 1 heterocycles. The second kappa shape index (κ2) is 2.82. The molecule has 0 saturated heterocycles. The molecular formula is C7H12N4O. The Balaban J connectivity index is 1.69. The quantitative estimate of drug-likeness (QED) is 0.686. The fraction of sp³-hybridized carbons (Fsp3) is 0.857. The van der Waals surface area contributed by atoms with Crippen LogP contribution in [0.3, 0.4) is 0 Å². The fourth-order valence-corrected chi connectivity index (χ4v) is 1.25. The molecule has 0 unspecified atom stereocenters. The van der Waals surface area contributed by atoms with Gasteiger partial charge in [-0.2, -0.15) is 0 Å². The van der Waals surface area contributed by atoms with E-state index in [1.165, 1.54) is 0 Å². The molecule has 1 fully saturated rings. The topological polar surface area (TPSA) is 63.8 Å². The summed E-state index contributed by atoms with van der Waals surface area (Å²) in [4.78, 5) is 0. The zero-order chi connectivity index (χ0) is 8.44. The average Bonchev–Trinajstić information content (AvgIpc) is 2.61. The van der Waals surface area contributed by atoms with Gasteiger partial charge in [0, 0.05) is 6.54 Å². The Hall–Kier alpha value is -0.970. The van der Waals surface area contributed by atoms with E-state index in [1.807, 2.05) is 0 Å². The number of aromatic nitrogens is 4. The number of nitrogens with zero attached hydrogens (tertiary/aromatic N) is 4. The molecule has 12 heavy (non-hydrogen) atoms. The number of hydrogen-bond acceptors (Lipinski definition) is 4. The van der Waals surface area contributed by atoms with Crippen LogP contribution >= 0.6 is 0 Å². The highest BCUT2D eigenvalue weighted by molar-refractivity contribution is 4.92. The molecule has 1 saturated carbocycles. The van der Waals surface area contributed by atoms with Crippen molar-refractivity contribution in [2.45, 2.75) is 37.8 Å². The third-order valence-corrected chi connectivity index (χ3v) is 2.25. The molecule has 1 aromatic heterocycles. The van der Waals surface area contributed by atoms with Crippen molar-refractivity contribution in [3.8, 4) is 0 Å². The molecule has 1 aromatic rings. The molecule has 0 radical (unpaired) electrons. The molecule has 0 spiro atoms. The molecule has 0 aliphatic heterocycles. The van der Waals surface area contributed by atoms with Gasteiger partial charge in [0.15, 0.2) is 0 Å². The van der Waals surface area contributed by atoms with Crippen LogP contribution in [0.15, 0.2) is 6.33 Å². The predicted octanol–water partition coefficient (Wildman–Crippen LogP) is -0.0218. The van der Waals surface area contributed by atoms with Crippen LogP contribution in [-0.4, -0.2) is 30.9 Å². The summed E-state index contributed by atoms with van der Waals surface area (Å²) in [5, 5.41) is 20.3. The summed E-state index contributed by atoms with van der Waals surface area (Å²) >= 11 is 0. The summed E-state index contributed by atoms with van der Waals surface area (Å²) in [6.07, 6.45) is 5.33. The lowest BCUT2D eigenvalue weighted by Crippen LogP contribution is -2.08. The van der Waals surface area contributed by atoms with E-state index in [-0.39, 0.29) is 5.60 Å². The molecule has 5 nitrogen and oxygen atoms in total. The Morgan fingerprint density at radius 1 is 1.50 bits per heavy atom. The first-order chi connectivity index (χ1) is 5.79. The van der Waals surface area contributed by atoms with Crippen LogP contribution in [0, 0.1) is 0 Å². The highest BCUT2D eigenvalue weighted by Gasteiger charge is 2.39.